The van der Waals surface area contributed by atoms with Crippen molar-refractivity contribution in [1.82, 2.24) is 14.9 Å². The van der Waals surface area contributed by atoms with Crippen LogP contribution in [0.3, 0.4) is 0 Å². The molecule has 4 N–H and O–H groups in total. The number of aliphatic imine (C=N–C) groups is 1. The number of aliphatic hydroxyl groups excluding tert-OH is 1. The minimum absolute atomic E-state index is 0.00956. The van der Waals surface area contributed by atoms with Gasteiger partial charge in [0.25, 0.3) is 5.67 Å². The number of nitrogen functional groups attached to an aromatic ring is 1. The van der Waals surface area contributed by atoms with Crippen molar-refractivity contribution in [2.45, 2.75) is 146 Å². The zero-order valence-electron chi connectivity index (χ0n) is 37.2. The quantitative estimate of drug-likeness (QED) is 0.0951. The summed E-state index contributed by atoms with van der Waals surface area (Å²) in [5, 5.41) is 31.1. The minimum Gasteiger partial charge on any atom is -0.446 e. The number of cyclic esters (lactones) is 1. The molecule has 3 aliphatic rings. The van der Waals surface area contributed by atoms with Gasteiger partial charge in [0.1, 0.15) is 28.2 Å². The van der Waals surface area contributed by atoms with E-state index < -0.39 is 80.9 Å². The Kier molecular flexibility index (Phi) is 16.4. The molecule has 19 heteroatoms. The fourth-order valence-corrected chi connectivity index (χ4v) is 10.3. The first-order chi connectivity index (χ1) is 29.0. The van der Waals surface area contributed by atoms with Gasteiger partial charge in [-0.2, -0.15) is 0 Å². The van der Waals surface area contributed by atoms with Gasteiger partial charge in [0.05, 0.1) is 35.8 Å². The van der Waals surface area contributed by atoms with E-state index in [-0.39, 0.29) is 50.9 Å². The number of ether oxygens (including phenoxy) is 4. The monoisotopic (exact) mass is 1000 g/mol. The number of rotatable bonds is 8. The van der Waals surface area contributed by atoms with E-state index >= 15 is 4.39 Å². The maximum absolute atomic E-state index is 16.8. The molecule has 0 saturated carbocycles. The highest BCUT2D eigenvalue weighted by atomic mass is 127. The van der Waals surface area contributed by atoms with E-state index in [0.29, 0.717) is 40.1 Å². The third kappa shape index (κ3) is 11.2. The molecule has 3 saturated heterocycles. The number of alkyl halides is 2. The van der Waals surface area contributed by atoms with E-state index in [9.17, 15) is 24.6 Å². The number of pyridine rings is 1. The van der Waals surface area contributed by atoms with Crippen LogP contribution in [0.25, 0.3) is 10.7 Å². The first-order valence-electron chi connectivity index (χ1n) is 21.1. The molecule has 5 heterocycles. The number of fused-ring (bicyclic) bond motifs is 5. The lowest BCUT2D eigenvalue weighted by atomic mass is 9.70. The second kappa shape index (κ2) is 20.4. The molecule has 16 nitrogen and oxygen atoms in total. The number of anilines is 1. The molecule has 0 spiro atoms. The fourth-order valence-electron chi connectivity index (χ4n) is 8.82. The number of thiazole rings is 1. The molecule has 0 radical (unpaired) electrons. The zero-order valence-corrected chi connectivity index (χ0v) is 40.1. The molecule has 1 amide bonds. The van der Waals surface area contributed by atoms with Gasteiger partial charge in [0, 0.05) is 35.4 Å². The average molecular weight is 1000 g/mol. The number of hydrogen-bond donors (Lipinski definition) is 3. The Balaban J connectivity index is 1.65. The van der Waals surface area contributed by atoms with Gasteiger partial charge in [-0.1, -0.05) is 38.9 Å². The van der Waals surface area contributed by atoms with E-state index in [4.69, 9.17) is 29.5 Å². The first-order valence-corrected chi connectivity index (χ1v) is 23.2. The van der Waals surface area contributed by atoms with Gasteiger partial charge >= 0.3 is 5.97 Å². The number of aliphatic hydroxyl groups is 2. The van der Waals surface area contributed by atoms with Crippen molar-refractivity contribution in [2.24, 2.45) is 33.8 Å². The summed E-state index contributed by atoms with van der Waals surface area (Å²) in [5.41, 5.74) is 1.37. The molecule has 3 fully saturated rings. The van der Waals surface area contributed by atoms with E-state index in [1.54, 1.807) is 48.6 Å². The van der Waals surface area contributed by atoms with E-state index in [2.05, 4.69) is 20.1 Å². The van der Waals surface area contributed by atoms with Gasteiger partial charge in [-0.15, -0.1) is 11.3 Å². The highest BCUT2D eigenvalue weighted by Gasteiger charge is 2.56. The summed E-state index contributed by atoms with van der Waals surface area (Å²) in [7, 11) is 3.65. The lowest BCUT2D eigenvalue weighted by Crippen LogP contribution is -2.61. The minimum atomic E-state index is -3.19. The molecule has 2 aromatic heterocycles. The Labute approximate surface area is 380 Å². The largest absolute Gasteiger partial charge is 0.446 e. The van der Waals surface area contributed by atoms with E-state index in [1.807, 2.05) is 51.2 Å². The number of aromatic nitrogens is 2. The van der Waals surface area contributed by atoms with Gasteiger partial charge in [0.2, 0.25) is 5.91 Å². The van der Waals surface area contributed by atoms with Crippen molar-refractivity contribution in [1.29, 1.82) is 0 Å². The number of ketones is 1. The molecular formula is C43H62FIN6O10S. The summed E-state index contributed by atoms with van der Waals surface area (Å²) in [6.45, 7) is 12.5. The molecule has 2 bridgehead atoms. The van der Waals surface area contributed by atoms with E-state index in [0.717, 1.165) is 6.92 Å². The number of oxime groups is 1. The Hall–Kier alpha value is -3.05. The zero-order chi connectivity index (χ0) is 45.9. The fraction of sp³-hybridized carbons (Fsp3) is 0.698. The van der Waals surface area contributed by atoms with Crippen LogP contribution >= 0.6 is 33.9 Å². The molecule has 344 valence electrons. The van der Waals surface area contributed by atoms with Crippen molar-refractivity contribution < 1.29 is 52.8 Å². The summed E-state index contributed by atoms with van der Waals surface area (Å²) >= 11 is 3.12. The molecule has 62 heavy (non-hydrogen) atoms. The van der Waals surface area contributed by atoms with E-state index in [1.165, 1.54) is 25.2 Å². The van der Waals surface area contributed by atoms with Crippen LogP contribution in [0.1, 0.15) is 93.2 Å². The highest BCUT2D eigenvalue weighted by molar-refractivity contribution is 14.1. The number of likely N-dealkylation sites (N-methyl/N-ethyl adjacent to an activating group) is 1. The maximum atomic E-state index is 16.8. The normalized spacial score (nSPS) is 38.0. The van der Waals surface area contributed by atoms with Crippen molar-refractivity contribution >= 4 is 68.8 Å². The van der Waals surface area contributed by atoms with Crippen LogP contribution in [0.2, 0.25) is 0 Å². The Bertz CT molecular complexity index is 1980. The number of nitrogens with two attached hydrogens (primary N) is 1. The van der Waals surface area contributed by atoms with Crippen molar-refractivity contribution in [3.63, 3.8) is 0 Å². The second-order valence-electron chi connectivity index (χ2n) is 17.7. The van der Waals surface area contributed by atoms with Crippen molar-refractivity contribution in [2.75, 3.05) is 26.4 Å². The van der Waals surface area contributed by atoms with Crippen LogP contribution in [0.5, 0.6) is 0 Å². The number of esters is 1. The summed E-state index contributed by atoms with van der Waals surface area (Å²) < 4.78 is 40.9. The van der Waals surface area contributed by atoms with Crippen LogP contribution in [-0.4, -0.2) is 126 Å². The third-order valence-electron chi connectivity index (χ3n) is 12.4. The second-order valence-corrected chi connectivity index (χ2v) is 19.7. The Morgan fingerprint density at radius 3 is 2.52 bits per heavy atom. The maximum Gasteiger partial charge on any atom is 0.352 e. The predicted octanol–water partition coefficient (Wildman–Crippen LogP) is 5.70. The lowest BCUT2D eigenvalue weighted by Gasteiger charge is -2.47. The molecule has 0 aromatic carbocycles. The molecule has 0 aliphatic carbocycles. The van der Waals surface area contributed by atoms with Crippen LogP contribution in [0.15, 0.2) is 33.7 Å². The molecule has 0 unspecified atom stereocenters. The van der Waals surface area contributed by atoms with Gasteiger partial charge < -0.3 is 44.6 Å². The summed E-state index contributed by atoms with van der Waals surface area (Å²) in [4.78, 5) is 62.8. The summed E-state index contributed by atoms with van der Waals surface area (Å²) in [6, 6.07) is 4.89. The lowest BCUT2D eigenvalue weighted by molar-refractivity contribution is -0.296. The molecule has 2 aromatic rings. The van der Waals surface area contributed by atoms with Gasteiger partial charge in [0.15, 0.2) is 22.8 Å². The molecule has 5 rings (SSSR count). The number of Topliss-reactive ketones (excluding diaryl/α,β-unsaturated/α-hetero) is 1. The van der Waals surface area contributed by atoms with Gasteiger partial charge in [-0.25, -0.2) is 24.1 Å². The van der Waals surface area contributed by atoms with Crippen molar-refractivity contribution in [3.8, 4) is 10.7 Å². The Morgan fingerprint density at radius 1 is 1.15 bits per heavy atom. The topological polar surface area (TPSA) is 218 Å². The number of carbonyl (C=O) groups excluding carboxylic acids is 3. The third-order valence-corrected chi connectivity index (χ3v) is 14.8. The van der Waals surface area contributed by atoms with Gasteiger partial charge in [-0.05, 0) is 114 Å². The van der Waals surface area contributed by atoms with Crippen LogP contribution in [0.4, 0.5) is 10.2 Å². The predicted molar refractivity (Wildman–Crippen MR) is 240 cm³/mol. The first kappa shape index (κ1) is 50.0. The average Bonchev–Trinajstić information content (AvgIpc) is 3.68. The van der Waals surface area contributed by atoms with Crippen LogP contribution in [-0.2, 0) is 44.8 Å². The number of amides is 1. The molecule has 3 aliphatic heterocycles. The summed E-state index contributed by atoms with van der Waals surface area (Å²) in [5.74, 6) is -6.03. The molecule has 13 atom stereocenters. The number of carbonyl (C=O) groups is 3. The summed E-state index contributed by atoms with van der Waals surface area (Å²) in [6.07, 6.45) is -3.21. The van der Waals surface area contributed by atoms with Gasteiger partial charge in [-0.3, -0.25) is 9.59 Å². The molecular weight excluding hydrogens is 938 g/mol. The van der Waals surface area contributed by atoms with Crippen LogP contribution < -0.4 is 5.73 Å². The Morgan fingerprint density at radius 2 is 1.85 bits per heavy atom. The van der Waals surface area contributed by atoms with Crippen molar-refractivity contribution in [3.05, 3.63) is 29.3 Å². The standard InChI is InChI=1S/C43H62FIN6O10S/c1-11-32(52)49-33-22(2)18-41(6)36(60-38-34(53)30(51(9)10)17-23(3)59-38)25(5)35(54)42(7,44)40(55)61-39(45)43(8,56)28(24(33)4)16-15-26(19-57-41)50-58-20-27-21-62-37(47-27)29-13-12-14-31(46)48-29/h12-14,21-25,28,30,34,36,38-39,53,56H,11,15-20H2,1-10H3,(H2,46,48)/b49-33?,50-26+/t22-,23-,24-,25+,28-,30+,34-,36-,38+,39+,41-,42+,43+/m1/s1. The van der Waals surface area contributed by atoms with Crippen LogP contribution in [0, 0.1) is 23.7 Å². The SMILES string of the molecule is CCC(=O)N=C1[C@H](C)C[C@@]2(C)OC/C(=N/OCc3csc(-c4cccc(N)n4)n3)CC[C@H]([C@H]1C)[C@](C)(O)[C@@H](I)OC(=O)[C@@](C)(F)C(=O)[C@H](C)[C@H]2O[C@@H]1O[C@H](C)C[C@H](N(C)C)[C@H]1O. The number of hydrogen-bond acceptors (Lipinski definition) is 16. The highest BCUT2D eigenvalue weighted by Crippen LogP contribution is 2.43. The smallest absolute Gasteiger partial charge is 0.352 e. The number of halogens is 2. The number of nitrogens with zero attached hydrogens (tertiary/aromatic N) is 5.